The third kappa shape index (κ3) is 3.09. The minimum absolute atomic E-state index is 0.365. The normalized spacial score (nSPS) is 12.1. The van der Waals surface area contributed by atoms with Crippen molar-refractivity contribution < 1.29 is 9.90 Å². The van der Waals surface area contributed by atoms with Crippen LogP contribution in [-0.2, 0) is 4.79 Å². The Balaban J connectivity index is 2.49. The van der Waals surface area contributed by atoms with Crippen molar-refractivity contribution in [3.05, 3.63) is 29.8 Å². The summed E-state index contributed by atoms with van der Waals surface area (Å²) < 4.78 is 0. The number of carboxylic acid groups (broad SMARTS) is 1. The Hall–Kier alpha value is -1.51. The molecule has 0 saturated heterocycles. The van der Waals surface area contributed by atoms with Crippen molar-refractivity contribution in [2.24, 2.45) is 5.92 Å². The van der Waals surface area contributed by atoms with Crippen LogP contribution in [0.5, 0.6) is 0 Å². The van der Waals surface area contributed by atoms with Crippen molar-refractivity contribution in [3.8, 4) is 0 Å². The molecule has 0 aliphatic carbocycles. The average molecular weight is 193 g/mol. The predicted octanol–water partition coefficient (Wildman–Crippen LogP) is 2.13. The number of carboxylic acids is 1. The van der Waals surface area contributed by atoms with Gasteiger partial charge in [0.1, 0.15) is 0 Å². The molecule has 0 radical (unpaired) electrons. The molecule has 0 amide bonds. The molecule has 76 valence electrons. The SMILES string of the molecule is Cc1cccc(NCC(C)C(=O)O)c1. The Morgan fingerprint density at radius 1 is 1.57 bits per heavy atom. The molecule has 0 fully saturated rings. The van der Waals surface area contributed by atoms with E-state index in [1.807, 2.05) is 31.2 Å². The van der Waals surface area contributed by atoms with Crippen molar-refractivity contribution in [2.45, 2.75) is 13.8 Å². The largest absolute Gasteiger partial charge is 0.481 e. The van der Waals surface area contributed by atoms with Gasteiger partial charge >= 0.3 is 5.97 Å². The van der Waals surface area contributed by atoms with Crippen LogP contribution in [0.3, 0.4) is 0 Å². The number of rotatable bonds is 4. The summed E-state index contributed by atoms with van der Waals surface area (Å²) in [6, 6.07) is 7.88. The molecule has 1 atom stereocenters. The highest BCUT2D eigenvalue weighted by Crippen LogP contribution is 2.10. The predicted molar refractivity (Wildman–Crippen MR) is 56.5 cm³/mol. The van der Waals surface area contributed by atoms with E-state index in [4.69, 9.17) is 5.11 Å². The Kier molecular flexibility index (Phi) is 3.51. The minimum atomic E-state index is -0.773. The number of anilines is 1. The molecule has 1 rings (SSSR count). The maximum atomic E-state index is 10.5. The second-order valence-corrected chi connectivity index (χ2v) is 3.49. The lowest BCUT2D eigenvalue weighted by molar-refractivity contribution is -0.140. The fourth-order valence-corrected chi connectivity index (χ4v) is 1.11. The fourth-order valence-electron chi connectivity index (χ4n) is 1.11. The Bertz CT molecular complexity index is 323. The third-order valence-corrected chi connectivity index (χ3v) is 2.05. The van der Waals surface area contributed by atoms with Crippen LogP contribution in [0, 0.1) is 12.8 Å². The fraction of sp³-hybridized carbons (Fsp3) is 0.364. The Morgan fingerprint density at radius 2 is 2.29 bits per heavy atom. The van der Waals surface area contributed by atoms with E-state index in [1.165, 1.54) is 0 Å². The van der Waals surface area contributed by atoms with Gasteiger partial charge < -0.3 is 10.4 Å². The van der Waals surface area contributed by atoms with Crippen molar-refractivity contribution in [1.29, 1.82) is 0 Å². The van der Waals surface area contributed by atoms with Crippen molar-refractivity contribution >= 4 is 11.7 Å². The van der Waals surface area contributed by atoms with Gasteiger partial charge in [-0.15, -0.1) is 0 Å². The maximum absolute atomic E-state index is 10.5. The summed E-state index contributed by atoms with van der Waals surface area (Å²) in [5.74, 6) is -1.14. The standard InChI is InChI=1S/C11H15NO2/c1-8-4-3-5-10(6-8)12-7-9(2)11(13)14/h3-6,9,12H,7H2,1-2H3,(H,13,14). The summed E-state index contributed by atoms with van der Waals surface area (Å²) in [6.45, 7) is 4.15. The number of nitrogens with one attached hydrogen (secondary N) is 1. The zero-order valence-electron chi connectivity index (χ0n) is 8.45. The summed E-state index contributed by atoms with van der Waals surface area (Å²) in [5.41, 5.74) is 2.14. The second-order valence-electron chi connectivity index (χ2n) is 3.49. The topological polar surface area (TPSA) is 49.3 Å². The van der Waals surface area contributed by atoms with Gasteiger partial charge in [-0.05, 0) is 24.6 Å². The van der Waals surface area contributed by atoms with Gasteiger partial charge in [0.2, 0.25) is 0 Å². The molecule has 0 saturated carbocycles. The van der Waals surface area contributed by atoms with E-state index < -0.39 is 5.97 Å². The maximum Gasteiger partial charge on any atom is 0.308 e. The lowest BCUT2D eigenvalue weighted by atomic mass is 10.1. The quantitative estimate of drug-likeness (QED) is 0.770. The van der Waals surface area contributed by atoms with Crippen molar-refractivity contribution in [2.75, 3.05) is 11.9 Å². The molecular weight excluding hydrogens is 178 g/mol. The van der Waals surface area contributed by atoms with Crippen LogP contribution in [0.25, 0.3) is 0 Å². The van der Waals surface area contributed by atoms with Crippen molar-refractivity contribution in [3.63, 3.8) is 0 Å². The molecule has 0 aliphatic rings. The number of aryl methyl sites for hydroxylation is 1. The summed E-state index contributed by atoms with van der Waals surface area (Å²) in [4.78, 5) is 10.5. The molecule has 3 nitrogen and oxygen atoms in total. The summed E-state index contributed by atoms with van der Waals surface area (Å²) >= 11 is 0. The first-order chi connectivity index (χ1) is 6.59. The molecule has 1 aromatic rings. The average Bonchev–Trinajstić information content (AvgIpc) is 2.14. The van der Waals surface area contributed by atoms with Gasteiger partial charge in [-0.25, -0.2) is 0 Å². The third-order valence-electron chi connectivity index (χ3n) is 2.05. The van der Waals surface area contributed by atoms with Crippen LogP contribution in [0.15, 0.2) is 24.3 Å². The summed E-state index contributed by atoms with van der Waals surface area (Å²) in [7, 11) is 0. The molecule has 1 aromatic carbocycles. The van der Waals surface area contributed by atoms with E-state index in [0.717, 1.165) is 11.3 Å². The highest BCUT2D eigenvalue weighted by molar-refractivity contribution is 5.70. The van der Waals surface area contributed by atoms with Crippen molar-refractivity contribution in [1.82, 2.24) is 0 Å². The van der Waals surface area contributed by atoms with Gasteiger partial charge in [0.25, 0.3) is 0 Å². The van der Waals surface area contributed by atoms with Gasteiger partial charge in [0, 0.05) is 12.2 Å². The monoisotopic (exact) mass is 193 g/mol. The molecule has 0 aliphatic heterocycles. The number of hydrogen-bond acceptors (Lipinski definition) is 2. The zero-order valence-corrected chi connectivity index (χ0v) is 8.45. The molecule has 0 heterocycles. The molecule has 0 aromatic heterocycles. The highest BCUT2D eigenvalue weighted by Gasteiger charge is 2.09. The number of aliphatic carboxylic acids is 1. The first-order valence-electron chi connectivity index (χ1n) is 4.63. The van der Waals surface area contributed by atoms with E-state index in [1.54, 1.807) is 6.92 Å². The van der Waals surface area contributed by atoms with Gasteiger partial charge in [-0.1, -0.05) is 19.1 Å². The molecule has 2 N–H and O–H groups in total. The van der Waals surface area contributed by atoms with Crippen LogP contribution in [-0.4, -0.2) is 17.6 Å². The number of carbonyl (C=O) groups is 1. The van der Waals surface area contributed by atoms with E-state index >= 15 is 0 Å². The van der Waals surface area contributed by atoms with Crippen LogP contribution in [0.2, 0.25) is 0 Å². The molecule has 0 spiro atoms. The van der Waals surface area contributed by atoms with Gasteiger partial charge in [-0.2, -0.15) is 0 Å². The van der Waals surface area contributed by atoms with Gasteiger partial charge in [0.05, 0.1) is 5.92 Å². The lowest BCUT2D eigenvalue weighted by Gasteiger charge is -2.09. The molecule has 1 unspecified atom stereocenters. The molecule has 0 bridgehead atoms. The number of benzene rings is 1. The molecule has 14 heavy (non-hydrogen) atoms. The first kappa shape index (κ1) is 10.6. The van der Waals surface area contributed by atoms with Crippen LogP contribution >= 0.6 is 0 Å². The van der Waals surface area contributed by atoms with Crippen LogP contribution in [0.1, 0.15) is 12.5 Å². The zero-order chi connectivity index (χ0) is 10.6. The van der Waals surface area contributed by atoms with E-state index in [9.17, 15) is 4.79 Å². The van der Waals surface area contributed by atoms with Gasteiger partial charge in [-0.3, -0.25) is 4.79 Å². The second kappa shape index (κ2) is 4.65. The molecule has 3 heteroatoms. The molecular formula is C11H15NO2. The lowest BCUT2D eigenvalue weighted by Crippen LogP contribution is -2.19. The minimum Gasteiger partial charge on any atom is -0.481 e. The smallest absolute Gasteiger partial charge is 0.308 e. The van der Waals surface area contributed by atoms with Crippen LogP contribution < -0.4 is 5.32 Å². The Morgan fingerprint density at radius 3 is 2.86 bits per heavy atom. The first-order valence-corrected chi connectivity index (χ1v) is 4.63. The number of hydrogen-bond donors (Lipinski definition) is 2. The summed E-state index contributed by atoms with van der Waals surface area (Å²) in [5, 5.41) is 11.8. The van der Waals surface area contributed by atoms with E-state index in [-0.39, 0.29) is 5.92 Å². The van der Waals surface area contributed by atoms with E-state index in [2.05, 4.69) is 5.32 Å². The summed E-state index contributed by atoms with van der Waals surface area (Å²) in [6.07, 6.45) is 0. The van der Waals surface area contributed by atoms with E-state index in [0.29, 0.717) is 6.54 Å². The van der Waals surface area contributed by atoms with Crippen LogP contribution in [0.4, 0.5) is 5.69 Å². The van der Waals surface area contributed by atoms with Gasteiger partial charge in [0.15, 0.2) is 0 Å². The highest BCUT2D eigenvalue weighted by atomic mass is 16.4. The Labute approximate surface area is 83.8 Å².